The average Bonchev–Trinajstić information content (AvgIpc) is 3.15. The van der Waals surface area contributed by atoms with E-state index in [9.17, 15) is 18.0 Å². The normalized spacial score (nSPS) is 17.9. The van der Waals surface area contributed by atoms with Gasteiger partial charge in [0.2, 0.25) is 0 Å². The monoisotopic (exact) mass is 405 g/mol. The van der Waals surface area contributed by atoms with Crippen molar-refractivity contribution in [3.63, 3.8) is 0 Å². The van der Waals surface area contributed by atoms with Gasteiger partial charge >= 0.3 is 0 Å². The number of sulfone groups is 1. The third-order valence-electron chi connectivity index (χ3n) is 4.57. The maximum Gasteiger partial charge on any atom is 0.270 e. The second-order valence-corrected chi connectivity index (χ2v) is 9.10. The van der Waals surface area contributed by atoms with Gasteiger partial charge in [-0.3, -0.25) is 19.7 Å². The minimum Gasteiger partial charge on any atom is -0.484 e. The van der Waals surface area contributed by atoms with Crippen LogP contribution in [0.2, 0.25) is 0 Å². The third-order valence-corrected chi connectivity index (χ3v) is 6.34. The molecule has 1 aliphatic rings. The zero-order valence-electron chi connectivity index (χ0n) is 15.8. The van der Waals surface area contributed by atoms with E-state index < -0.39 is 9.84 Å². The van der Waals surface area contributed by atoms with Gasteiger partial charge in [-0.05, 0) is 56.7 Å². The Bertz CT molecular complexity index is 960. The fourth-order valence-electron chi connectivity index (χ4n) is 3.04. The summed E-state index contributed by atoms with van der Waals surface area (Å²) in [4.78, 5) is 24.3. The van der Waals surface area contributed by atoms with Crippen LogP contribution < -0.4 is 15.5 Å². The fourth-order valence-corrected chi connectivity index (χ4v) is 4.71. The van der Waals surface area contributed by atoms with Gasteiger partial charge in [0.1, 0.15) is 5.75 Å². The first-order valence-electron chi connectivity index (χ1n) is 8.92. The molecular weight excluding hydrogens is 382 g/mol. The zero-order valence-corrected chi connectivity index (χ0v) is 16.6. The first kappa shape index (κ1) is 19.9. The summed E-state index contributed by atoms with van der Waals surface area (Å²) in [5.74, 6) is -0.108. The molecule has 2 aromatic rings. The number of carbonyl (C=O) groups is 2. The van der Waals surface area contributed by atoms with Crippen LogP contribution in [0.4, 0.5) is 0 Å². The summed E-state index contributed by atoms with van der Waals surface area (Å²) in [5, 5.41) is 2.66. The summed E-state index contributed by atoms with van der Waals surface area (Å²) in [5.41, 5.74) is 5.12. The van der Waals surface area contributed by atoms with Crippen molar-refractivity contribution in [2.75, 3.05) is 23.5 Å². The van der Waals surface area contributed by atoms with Crippen LogP contribution in [0.5, 0.6) is 5.75 Å². The topological polar surface area (TPSA) is 106 Å². The molecule has 1 saturated heterocycles. The summed E-state index contributed by atoms with van der Waals surface area (Å²) in [6, 6.07) is 9.92. The second-order valence-electron chi connectivity index (χ2n) is 6.87. The van der Waals surface area contributed by atoms with Gasteiger partial charge in [-0.1, -0.05) is 0 Å². The van der Waals surface area contributed by atoms with Gasteiger partial charge < -0.3 is 10.1 Å². The van der Waals surface area contributed by atoms with E-state index in [-0.39, 0.29) is 36.0 Å². The minimum atomic E-state index is -3.04. The van der Waals surface area contributed by atoms with Gasteiger partial charge in [0.05, 0.1) is 11.5 Å². The molecule has 1 aromatic heterocycles. The van der Waals surface area contributed by atoms with Crippen LogP contribution in [0, 0.1) is 13.8 Å². The summed E-state index contributed by atoms with van der Waals surface area (Å²) in [6.07, 6.45) is 0.429. The lowest BCUT2D eigenvalue weighted by molar-refractivity contribution is -0.123. The first-order valence-corrected chi connectivity index (χ1v) is 10.7. The predicted molar refractivity (Wildman–Crippen MR) is 105 cm³/mol. The number of amides is 2. The lowest BCUT2D eigenvalue weighted by atomic mass is 10.2. The highest BCUT2D eigenvalue weighted by Crippen LogP contribution is 2.14. The van der Waals surface area contributed by atoms with E-state index in [0.29, 0.717) is 17.7 Å². The second kappa shape index (κ2) is 8.05. The molecule has 2 heterocycles. The Labute approximate surface area is 163 Å². The van der Waals surface area contributed by atoms with Crippen molar-refractivity contribution in [3.8, 4) is 5.75 Å². The van der Waals surface area contributed by atoms with Crippen LogP contribution in [-0.4, -0.2) is 49.1 Å². The van der Waals surface area contributed by atoms with Gasteiger partial charge in [0.15, 0.2) is 16.4 Å². The van der Waals surface area contributed by atoms with Crippen LogP contribution in [0.1, 0.15) is 28.2 Å². The number of benzene rings is 1. The van der Waals surface area contributed by atoms with Gasteiger partial charge in [0.25, 0.3) is 11.8 Å². The standard InChI is InChI=1S/C19H23N3O5S/c1-13-3-4-14(2)22(13)21-19(24)15-5-7-17(8-6-15)27-11-18(23)20-16-9-10-28(25,26)12-16/h3-8,16H,9-12H2,1-2H3,(H,20,23)(H,21,24)/t16-/m0/s1. The maximum absolute atomic E-state index is 12.4. The SMILES string of the molecule is Cc1ccc(C)n1NC(=O)c1ccc(OCC(=O)N[C@H]2CCS(=O)(=O)C2)cc1. The van der Waals surface area contributed by atoms with Gasteiger partial charge in [0, 0.05) is 23.0 Å². The number of aromatic nitrogens is 1. The number of nitrogens with one attached hydrogen (secondary N) is 2. The molecule has 2 amide bonds. The van der Waals surface area contributed by atoms with Crippen molar-refractivity contribution in [3.05, 3.63) is 53.3 Å². The molecule has 1 aliphatic heterocycles. The largest absolute Gasteiger partial charge is 0.484 e. The number of ether oxygens (including phenoxy) is 1. The molecule has 8 nitrogen and oxygen atoms in total. The van der Waals surface area contributed by atoms with E-state index in [4.69, 9.17) is 4.74 Å². The van der Waals surface area contributed by atoms with Crippen LogP contribution in [-0.2, 0) is 14.6 Å². The van der Waals surface area contributed by atoms with Gasteiger partial charge in [-0.25, -0.2) is 8.42 Å². The molecule has 0 aliphatic carbocycles. The quantitative estimate of drug-likeness (QED) is 0.750. The summed E-state index contributed by atoms with van der Waals surface area (Å²) in [6.45, 7) is 3.58. The highest BCUT2D eigenvalue weighted by Gasteiger charge is 2.28. The molecule has 1 fully saturated rings. The summed E-state index contributed by atoms with van der Waals surface area (Å²) in [7, 11) is -3.04. The Morgan fingerprint density at radius 1 is 1.11 bits per heavy atom. The summed E-state index contributed by atoms with van der Waals surface area (Å²) < 4.78 is 29.9. The summed E-state index contributed by atoms with van der Waals surface area (Å²) >= 11 is 0. The van der Waals surface area contributed by atoms with Gasteiger partial charge in [-0.15, -0.1) is 0 Å². The van der Waals surface area contributed by atoms with Crippen molar-refractivity contribution in [2.24, 2.45) is 0 Å². The van der Waals surface area contributed by atoms with Crippen molar-refractivity contribution in [1.29, 1.82) is 0 Å². The van der Waals surface area contributed by atoms with Crippen molar-refractivity contribution >= 4 is 21.7 Å². The molecule has 0 spiro atoms. The number of hydrogen-bond acceptors (Lipinski definition) is 5. The van der Waals surface area contributed by atoms with Crippen molar-refractivity contribution < 1.29 is 22.7 Å². The highest BCUT2D eigenvalue weighted by molar-refractivity contribution is 7.91. The smallest absolute Gasteiger partial charge is 0.270 e. The van der Waals surface area contributed by atoms with E-state index in [0.717, 1.165) is 11.4 Å². The third kappa shape index (κ3) is 4.92. The number of rotatable bonds is 6. The maximum atomic E-state index is 12.4. The van der Waals surface area contributed by atoms with Crippen LogP contribution >= 0.6 is 0 Å². The predicted octanol–water partition coefficient (Wildman–Crippen LogP) is 1.17. The molecule has 3 rings (SSSR count). The van der Waals surface area contributed by atoms with E-state index in [2.05, 4.69) is 10.7 Å². The number of carbonyl (C=O) groups excluding carboxylic acids is 2. The molecule has 28 heavy (non-hydrogen) atoms. The molecule has 0 bridgehead atoms. The molecule has 150 valence electrons. The van der Waals surface area contributed by atoms with Crippen LogP contribution in [0.3, 0.4) is 0 Å². The number of hydrogen-bond donors (Lipinski definition) is 2. The fraction of sp³-hybridized carbons (Fsp3) is 0.368. The van der Waals surface area contributed by atoms with E-state index in [1.807, 2.05) is 26.0 Å². The minimum absolute atomic E-state index is 0.0249. The molecule has 1 aromatic carbocycles. The van der Waals surface area contributed by atoms with E-state index in [1.54, 1.807) is 28.9 Å². The van der Waals surface area contributed by atoms with E-state index >= 15 is 0 Å². The molecular formula is C19H23N3O5S. The molecule has 0 radical (unpaired) electrons. The molecule has 0 unspecified atom stereocenters. The number of nitrogens with zero attached hydrogens (tertiary/aromatic N) is 1. The van der Waals surface area contributed by atoms with Crippen LogP contribution in [0.15, 0.2) is 36.4 Å². The van der Waals surface area contributed by atoms with Crippen molar-refractivity contribution in [2.45, 2.75) is 26.3 Å². The first-order chi connectivity index (χ1) is 13.2. The Hall–Kier alpha value is -2.81. The zero-order chi connectivity index (χ0) is 20.3. The lowest BCUT2D eigenvalue weighted by Gasteiger charge is -2.13. The average molecular weight is 405 g/mol. The molecule has 2 N–H and O–H groups in total. The molecule has 9 heteroatoms. The Morgan fingerprint density at radius 2 is 1.75 bits per heavy atom. The molecule has 1 atom stereocenters. The lowest BCUT2D eigenvalue weighted by Crippen LogP contribution is -2.38. The van der Waals surface area contributed by atoms with Crippen molar-refractivity contribution in [1.82, 2.24) is 9.99 Å². The Kier molecular flexibility index (Phi) is 5.73. The number of aryl methyl sites for hydroxylation is 2. The highest BCUT2D eigenvalue weighted by atomic mass is 32.2. The Morgan fingerprint density at radius 3 is 2.32 bits per heavy atom. The molecule has 0 saturated carbocycles. The van der Waals surface area contributed by atoms with Gasteiger partial charge in [-0.2, -0.15) is 0 Å². The van der Waals surface area contributed by atoms with Crippen LogP contribution in [0.25, 0.3) is 0 Å². The Balaban J connectivity index is 1.50. The van der Waals surface area contributed by atoms with E-state index in [1.165, 1.54) is 0 Å².